The van der Waals surface area contributed by atoms with Crippen LogP contribution in [0.3, 0.4) is 0 Å². The summed E-state index contributed by atoms with van der Waals surface area (Å²) < 4.78 is 0. The second-order valence-electron chi connectivity index (χ2n) is 7.44. The topological polar surface area (TPSA) is 0 Å². The van der Waals surface area contributed by atoms with Crippen LogP contribution in [0.1, 0.15) is 79.6 Å². The van der Waals surface area contributed by atoms with Crippen LogP contribution in [0.4, 0.5) is 0 Å². The molecule has 0 amide bonds. The minimum absolute atomic E-state index is 0.581. The largest absolute Gasteiger partial charge is 0.0850 e. The molecule has 2 aliphatic rings. The third-order valence-corrected chi connectivity index (χ3v) is 6.51. The van der Waals surface area contributed by atoms with Gasteiger partial charge in [0.1, 0.15) is 0 Å². The molecule has 1 fully saturated rings. The average Bonchev–Trinajstić information content (AvgIpc) is 2.34. The average molecular weight is 248 g/mol. The highest BCUT2D eigenvalue weighted by molar-refractivity contribution is 5.18. The zero-order valence-electron chi connectivity index (χ0n) is 13.2. The first-order chi connectivity index (χ1) is 8.48. The molecule has 0 aliphatic heterocycles. The highest BCUT2D eigenvalue weighted by Gasteiger charge is 2.52. The molecule has 18 heavy (non-hydrogen) atoms. The highest BCUT2D eigenvalue weighted by atomic mass is 14.6. The molecule has 2 aliphatic carbocycles. The Bertz CT molecular complexity index is 327. The maximum atomic E-state index is 2.61. The van der Waals surface area contributed by atoms with Crippen molar-refractivity contribution < 1.29 is 0 Å². The van der Waals surface area contributed by atoms with Crippen LogP contribution >= 0.6 is 0 Å². The quantitative estimate of drug-likeness (QED) is 0.539. The van der Waals surface area contributed by atoms with E-state index in [0.29, 0.717) is 10.8 Å². The predicted octanol–water partition coefficient (Wildman–Crippen LogP) is 5.98. The number of hydrogen-bond acceptors (Lipinski definition) is 0. The Kier molecular flexibility index (Phi) is 3.95. The summed E-state index contributed by atoms with van der Waals surface area (Å²) in [5.74, 6) is 1.77. The first kappa shape index (κ1) is 14.2. The van der Waals surface area contributed by atoms with E-state index in [1.54, 1.807) is 5.57 Å². The number of hydrogen-bond donors (Lipinski definition) is 0. The molecule has 0 aromatic rings. The molecule has 0 N–H and O–H groups in total. The van der Waals surface area contributed by atoms with Gasteiger partial charge in [0.05, 0.1) is 0 Å². The van der Waals surface area contributed by atoms with Gasteiger partial charge in [-0.05, 0) is 55.3 Å². The van der Waals surface area contributed by atoms with Gasteiger partial charge in [-0.1, -0.05) is 58.6 Å². The molecular formula is C18H32. The van der Waals surface area contributed by atoms with Gasteiger partial charge in [-0.3, -0.25) is 0 Å². The highest BCUT2D eigenvalue weighted by Crippen LogP contribution is 2.61. The van der Waals surface area contributed by atoms with Crippen molar-refractivity contribution in [2.24, 2.45) is 22.7 Å². The van der Waals surface area contributed by atoms with Crippen molar-refractivity contribution in [1.29, 1.82) is 0 Å². The molecule has 0 aromatic carbocycles. The van der Waals surface area contributed by atoms with Crippen LogP contribution in [0.5, 0.6) is 0 Å². The standard InChI is InChI=1S/C18H32/c1-6-9-15-14(3)10-11-16-17(4,7-2)12-8-13-18(15,16)5/h10,15-16H,6-9,11-13H2,1-5H3. The van der Waals surface area contributed by atoms with Crippen molar-refractivity contribution in [3.63, 3.8) is 0 Å². The molecule has 104 valence electrons. The first-order valence-corrected chi connectivity index (χ1v) is 8.14. The van der Waals surface area contributed by atoms with Crippen LogP contribution in [-0.4, -0.2) is 0 Å². The lowest BCUT2D eigenvalue weighted by atomic mass is 9.47. The van der Waals surface area contributed by atoms with Crippen LogP contribution in [0.25, 0.3) is 0 Å². The van der Waals surface area contributed by atoms with E-state index in [0.717, 1.165) is 11.8 Å². The van der Waals surface area contributed by atoms with Gasteiger partial charge in [0.15, 0.2) is 0 Å². The first-order valence-electron chi connectivity index (χ1n) is 8.14. The van der Waals surface area contributed by atoms with E-state index in [-0.39, 0.29) is 0 Å². The molecule has 1 saturated carbocycles. The maximum Gasteiger partial charge on any atom is -0.0149 e. The summed E-state index contributed by atoms with van der Waals surface area (Å²) in [6.07, 6.45) is 12.4. The minimum atomic E-state index is 0.581. The third-order valence-electron chi connectivity index (χ3n) is 6.51. The fraction of sp³-hybridized carbons (Fsp3) is 0.889. The van der Waals surface area contributed by atoms with Gasteiger partial charge in [-0.25, -0.2) is 0 Å². The van der Waals surface area contributed by atoms with E-state index in [1.807, 2.05) is 0 Å². The molecule has 4 atom stereocenters. The fourth-order valence-electron chi connectivity index (χ4n) is 5.22. The Labute approximate surface area is 114 Å². The van der Waals surface area contributed by atoms with E-state index < -0.39 is 0 Å². The number of allylic oxidation sites excluding steroid dienone is 2. The molecule has 0 saturated heterocycles. The van der Waals surface area contributed by atoms with E-state index in [9.17, 15) is 0 Å². The van der Waals surface area contributed by atoms with Crippen LogP contribution < -0.4 is 0 Å². The van der Waals surface area contributed by atoms with Crippen molar-refractivity contribution in [2.75, 3.05) is 0 Å². The Hall–Kier alpha value is -0.260. The summed E-state index contributed by atoms with van der Waals surface area (Å²) in [7, 11) is 0. The Morgan fingerprint density at radius 3 is 2.56 bits per heavy atom. The third kappa shape index (κ3) is 2.06. The molecule has 2 rings (SSSR count). The van der Waals surface area contributed by atoms with E-state index in [4.69, 9.17) is 0 Å². The summed E-state index contributed by atoms with van der Waals surface area (Å²) in [5.41, 5.74) is 2.87. The van der Waals surface area contributed by atoms with Crippen LogP contribution in [0, 0.1) is 22.7 Å². The lowest BCUT2D eigenvalue weighted by Crippen LogP contribution is -2.49. The SMILES string of the molecule is CCCC1C(C)=CCC2C(C)(CC)CCCC12C. The van der Waals surface area contributed by atoms with E-state index in [1.165, 1.54) is 44.9 Å². The number of fused-ring (bicyclic) bond motifs is 1. The summed E-state index contributed by atoms with van der Waals surface area (Å²) in [6.45, 7) is 12.3. The second-order valence-corrected chi connectivity index (χ2v) is 7.44. The van der Waals surface area contributed by atoms with Gasteiger partial charge in [-0.2, -0.15) is 0 Å². The molecule has 0 spiro atoms. The fourth-order valence-corrected chi connectivity index (χ4v) is 5.22. The van der Waals surface area contributed by atoms with Gasteiger partial charge in [0, 0.05) is 0 Å². The van der Waals surface area contributed by atoms with Crippen molar-refractivity contribution in [3.05, 3.63) is 11.6 Å². The van der Waals surface area contributed by atoms with Crippen LogP contribution in [0.2, 0.25) is 0 Å². The Morgan fingerprint density at radius 2 is 1.94 bits per heavy atom. The molecule has 0 aromatic heterocycles. The minimum Gasteiger partial charge on any atom is -0.0850 e. The van der Waals surface area contributed by atoms with E-state index >= 15 is 0 Å². The Morgan fingerprint density at radius 1 is 1.22 bits per heavy atom. The van der Waals surface area contributed by atoms with Gasteiger partial charge < -0.3 is 0 Å². The molecule has 0 bridgehead atoms. The summed E-state index contributed by atoms with van der Waals surface area (Å²) in [4.78, 5) is 0. The smallest absolute Gasteiger partial charge is 0.0149 e. The normalized spacial score (nSPS) is 44.4. The zero-order valence-corrected chi connectivity index (χ0v) is 13.2. The molecular weight excluding hydrogens is 216 g/mol. The van der Waals surface area contributed by atoms with Crippen LogP contribution in [0.15, 0.2) is 11.6 Å². The van der Waals surface area contributed by atoms with Gasteiger partial charge in [0.25, 0.3) is 0 Å². The van der Waals surface area contributed by atoms with Gasteiger partial charge in [0.2, 0.25) is 0 Å². The Balaban J connectivity index is 2.36. The van der Waals surface area contributed by atoms with Crippen molar-refractivity contribution in [2.45, 2.75) is 79.6 Å². The summed E-state index contributed by atoms with van der Waals surface area (Å²) in [5, 5.41) is 0. The molecule has 0 radical (unpaired) electrons. The van der Waals surface area contributed by atoms with Crippen LogP contribution in [-0.2, 0) is 0 Å². The number of rotatable bonds is 3. The van der Waals surface area contributed by atoms with Gasteiger partial charge in [-0.15, -0.1) is 0 Å². The molecule has 0 heterocycles. The van der Waals surface area contributed by atoms with Gasteiger partial charge >= 0.3 is 0 Å². The van der Waals surface area contributed by atoms with E-state index in [2.05, 4.69) is 40.7 Å². The summed E-state index contributed by atoms with van der Waals surface area (Å²) >= 11 is 0. The lowest BCUT2D eigenvalue weighted by molar-refractivity contribution is -0.0509. The van der Waals surface area contributed by atoms with Crippen molar-refractivity contribution in [3.8, 4) is 0 Å². The monoisotopic (exact) mass is 248 g/mol. The molecule has 0 heteroatoms. The second kappa shape index (κ2) is 5.02. The van der Waals surface area contributed by atoms with Crippen molar-refractivity contribution in [1.82, 2.24) is 0 Å². The predicted molar refractivity (Wildman–Crippen MR) is 80.6 cm³/mol. The summed E-state index contributed by atoms with van der Waals surface area (Å²) in [6, 6.07) is 0. The molecule has 0 nitrogen and oxygen atoms in total. The molecule has 4 unspecified atom stereocenters. The zero-order chi connectivity index (χ0) is 13.4. The van der Waals surface area contributed by atoms with Crippen molar-refractivity contribution >= 4 is 0 Å². The maximum absolute atomic E-state index is 2.61. The lowest BCUT2D eigenvalue weighted by Gasteiger charge is -2.58.